The number of ether oxygens (including phenoxy) is 1. The van der Waals surface area contributed by atoms with Crippen LogP contribution >= 0.6 is 11.8 Å². The zero-order valence-electron chi connectivity index (χ0n) is 19.4. The Morgan fingerprint density at radius 1 is 0.971 bits per heavy atom. The van der Waals surface area contributed by atoms with Crippen LogP contribution in [-0.4, -0.2) is 39.4 Å². The Bertz CT molecular complexity index is 1320. The Kier molecular flexibility index (Phi) is 7.79. The molecule has 35 heavy (non-hydrogen) atoms. The fraction of sp³-hybridized carbons (Fsp3) is 0.154. The lowest BCUT2D eigenvalue weighted by atomic mass is 10.2. The number of hydrogen-bond donors (Lipinski definition) is 2. The van der Waals surface area contributed by atoms with Gasteiger partial charge in [-0.1, -0.05) is 48.2 Å². The summed E-state index contributed by atoms with van der Waals surface area (Å²) >= 11 is 1.28. The Labute approximate surface area is 207 Å². The van der Waals surface area contributed by atoms with Crippen molar-refractivity contribution in [1.29, 1.82) is 0 Å². The lowest BCUT2D eigenvalue weighted by Gasteiger charge is -2.11. The Hall–Kier alpha value is -4.11. The molecule has 1 aromatic heterocycles. The lowest BCUT2D eigenvalue weighted by molar-refractivity contribution is -0.113. The molecule has 1 heterocycles. The molecule has 2 N–H and O–H groups in total. The van der Waals surface area contributed by atoms with Crippen LogP contribution in [0.15, 0.2) is 84.0 Å². The maximum Gasteiger partial charge on any atom is 0.251 e. The summed E-state index contributed by atoms with van der Waals surface area (Å²) in [5.41, 5.74) is 3.14. The van der Waals surface area contributed by atoms with Crippen LogP contribution in [0.5, 0.6) is 5.75 Å². The van der Waals surface area contributed by atoms with Gasteiger partial charge in [-0.3, -0.25) is 14.2 Å². The number of rotatable bonds is 9. The van der Waals surface area contributed by atoms with Crippen molar-refractivity contribution < 1.29 is 14.3 Å². The Balaban J connectivity index is 1.48. The minimum absolute atomic E-state index is 0.143. The highest BCUT2D eigenvalue weighted by atomic mass is 32.2. The summed E-state index contributed by atoms with van der Waals surface area (Å²) in [5.74, 6) is 0.922. The normalized spacial score (nSPS) is 10.6. The number of nitrogens with one attached hydrogen (secondary N) is 2. The van der Waals surface area contributed by atoms with E-state index in [0.29, 0.717) is 22.3 Å². The summed E-state index contributed by atoms with van der Waals surface area (Å²) in [4.78, 5) is 25.2. The van der Waals surface area contributed by atoms with Crippen molar-refractivity contribution in [2.75, 3.05) is 18.2 Å². The van der Waals surface area contributed by atoms with E-state index in [4.69, 9.17) is 4.74 Å². The maximum absolute atomic E-state index is 12.7. The number of nitrogens with zero attached hydrogens (tertiary/aromatic N) is 3. The van der Waals surface area contributed by atoms with Crippen LogP contribution in [0.25, 0.3) is 5.69 Å². The molecule has 0 saturated carbocycles. The molecular weight excluding hydrogens is 462 g/mol. The van der Waals surface area contributed by atoms with Gasteiger partial charge in [0.1, 0.15) is 5.75 Å². The van der Waals surface area contributed by atoms with E-state index in [1.807, 2.05) is 66.1 Å². The Morgan fingerprint density at radius 2 is 1.77 bits per heavy atom. The Morgan fingerprint density at radius 3 is 2.54 bits per heavy atom. The van der Waals surface area contributed by atoms with E-state index >= 15 is 0 Å². The van der Waals surface area contributed by atoms with Crippen molar-refractivity contribution in [2.45, 2.75) is 18.6 Å². The molecule has 0 atom stereocenters. The maximum atomic E-state index is 12.7. The van der Waals surface area contributed by atoms with Gasteiger partial charge < -0.3 is 15.4 Å². The van der Waals surface area contributed by atoms with Crippen LogP contribution in [0.3, 0.4) is 0 Å². The first-order chi connectivity index (χ1) is 17.0. The summed E-state index contributed by atoms with van der Waals surface area (Å²) in [5, 5.41) is 14.9. The largest absolute Gasteiger partial charge is 0.497 e. The van der Waals surface area contributed by atoms with Gasteiger partial charge in [-0.15, -0.1) is 10.2 Å². The van der Waals surface area contributed by atoms with Crippen LogP contribution in [0, 0.1) is 6.92 Å². The van der Waals surface area contributed by atoms with Crippen LogP contribution < -0.4 is 15.4 Å². The minimum atomic E-state index is -0.252. The minimum Gasteiger partial charge on any atom is -0.497 e. The van der Waals surface area contributed by atoms with Crippen LogP contribution in [-0.2, 0) is 11.3 Å². The summed E-state index contributed by atoms with van der Waals surface area (Å²) in [7, 11) is 1.56. The highest BCUT2D eigenvalue weighted by molar-refractivity contribution is 7.99. The smallest absolute Gasteiger partial charge is 0.251 e. The van der Waals surface area contributed by atoms with Gasteiger partial charge in [0.15, 0.2) is 11.0 Å². The SMILES string of the molecule is COc1cccc(C(=O)NCc2nnc(SCC(=O)Nc3cccc(C)c3)n2-c2ccccc2)c1. The van der Waals surface area contributed by atoms with E-state index in [1.54, 1.807) is 31.4 Å². The molecule has 0 aliphatic carbocycles. The molecule has 8 nitrogen and oxygen atoms in total. The van der Waals surface area contributed by atoms with E-state index in [2.05, 4.69) is 20.8 Å². The highest BCUT2D eigenvalue weighted by Gasteiger charge is 2.17. The molecule has 0 spiro atoms. The second-order valence-corrected chi connectivity index (χ2v) is 8.63. The van der Waals surface area contributed by atoms with Gasteiger partial charge in [-0.2, -0.15) is 0 Å². The number of aryl methyl sites for hydroxylation is 1. The number of hydrogen-bond acceptors (Lipinski definition) is 6. The van der Waals surface area contributed by atoms with E-state index < -0.39 is 0 Å². The fourth-order valence-electron chi connectivity index (χ4n) is 3.42. The standard InChI is InChI=1S/C26H25N5O3S/c1-18-8-6-10-20(14-18)28-24(32)17-35-26-30-29-23(31(26)21-11-4-3-5-12-21)16-27-25(33)19-9-7-13-22(15-19)34-2/h3-15H,16-17H2,1-2H3,(H,27,33)(H,28,32). The topological polar surface area (TPSA) is 98.1 Å². The third-order valence-corrected chi connectivity index (χ3v) is 6.02. The predicted molar refractivity (Wildman–Crippen MR) is 136 cm³/mol. The van der Waals surface area contributed by atoms with E-state index in [9.17, 15) is 9.59 Å². The molecule has 0 radical (unpaired) electrons. The molecule has 0 aliphatic heterocycles. The summed E-state index contributed by atoms with van der Waals surface area (Å²) < 4.78 is 7.04. The average Bonchev–Trinajstić information content (AvgIpc) is 3.29. The first-order valence-electron chi connectivity index (χ1n) is 10.9. The fourth-order valence-corrected chi connectivity index (χ4v) is 4.19. The summed E-state index contributed by atoms with van der Waals surface area (Å²) in [6.07, 6.45) is 0. The molecule has 9 heteroatoms. The number of benzene rings is 3. The van der Waals surface area contributed by atoms with E-state index in [1.165, 1.54) is 11.8 Å². The van der Waals surface area contributed by atoms with Crippen molar-refractivity contribution in [1.82, 2.24) is 20.1 Å². The van der Waals surface area contributed by atoms with Gasteiger partial charge in [-0.05, 0) is 55.0 Å². The monoisotopic (exact) mass is 487 g/mol. The molecule has 0 unspecified atom stereocenters. The quantitative estimate of drug-likeness (QED) is 0.343. The third kappa shape index (κ3) is 6.27. The van der Waals surface area contributed by atoms with Crippen molar-refractivity contribution in [3.8, 4) is 11.4 Å². The molecule has 3 aromatic carbocycles. The molecule has 178 valence electrons. The molecule has 0 fully saturated rings. The van der Waals surface area contributed by atoms with E-state index in [-0.39, 0.29) is 24.1 Å². The molecule has 0 aliphatic rings. The molecule has 2 amide bonds. The molecule has 0 bridgehead atoms. The van der Waals surface area contributed by atoms with Crippen molar-refractivity contribution in [3.63, 3.8) is 0 Å². The predicted octanol–water partition coefficient (Wildman–Crippen LogP) is 4.25. The molecule has 0 saturated heterocycles. The number of methoxy groups -OCH3 is 1. The average molecular weight is 488 g/mol. The van der Waals surface area contributed by atoms with Crippen molar-refractivity contribution >= 4 is 29.3 Å². The molecular formula is C26H25N5O3S. The number of amides is 2. The van der Waals surface area contributed by atoms with Gasteiger partial charge in [0.2, 0.25) is 5.91 Å². The van der Waals surface area contributed by atoms with Crippen molar-refractivity contribution in [2.24, 2.45) is 0 Å². The van der Waals surface area contributed by atoms with Gasteiger partial charge in [0, 0.05) is 16.9 Å². The number of carbonyl (C=O) groups excluding carboxylic acids is 2. The zero-order chi connectivity index (χ0) is 24.6. The highest BCUT2D eigenvalue weighted by Crippen LogP contribution is 2.23. The van der Waals surface area contributed by atoms with E-state index in [0.717, 1.165) is 16.9 Å². The number of para-hydroxylation sites is 1. The molecule has 4 rings (SSSR count). The number of anilines is 1. The second kappa shape index (κ2) is 11.3. The second-order valence-electron chi connectivity index (χ2n) is 7.69. The van der Waals surface area contributed by atoms with Crippen LogP contribution in [0.1, 0.15) is 21.7 Å². The zero-order valence-corrected chi connectivity index (χ0v) is 20.2. The van der Waals surface area contributed by atoms with Gasteiger partial charge >= 0.3 is 0 Å². The van der Waals surface area contributed by atoms with Gasteiger partial charge in [0.25, 0.3) is 5.91 Å². The summed E-state index contributed by atoms with van der Waals surface area (Å²) in [6.45, 7) is 2.13. The first kappa shape index (κ1) is 24.0. The first-order valence-corrected chi connectivity index (χ1v) is 11.9. The number of aromatic nitrogens is 3. The molecule has 4 aromatic rings. The number of carbonyl (C=O) groups is 2. The number of thioether (sulfide) groups is 1. The van der Waals surface area contributed by atoms with Crippen molar-refractivity contribution in [3.05, 3.63) is 95.8 Å². The van der Waals surface area contributed by atoms with Crippen LogP contribution in [0.4, 0.5) is 5.69 Å². The third-order valence-electron chi connectivity index (χ3n) is 5.09. The van der Waals surface area contributed by atoms with Crippen LogP contribution in [0.2, 0.25) is 0 Å². The van der Waals surface area contributed by atoms with Gasteiger partial charge in [0.05, 0.1) is 19.4 Å². The summed E-state index contributed by atoms with van der Waals surface area (Å²) in [6, 6.07) is 24.2. The lowest BCUT2D eigenvalue weighted by Crippen LogP contribution is -2.24. The van der Waals surface area contributed by atoms with Gasteiger partial charge in [-0.25, -0.2) is 0 Å².